The highest BCUT2D eigenvalue weighted by molar-refractivity contribution is 7.91. The van der Waals surface area contributed by atoms with Crippen molar-refractivity contribution in [2.24, 2.45) is 0 Å². The van der Waals surface area contributed by atoms with Crippen molar-refractivity contribution in [3.8, 4) is 16.9 Å². The van der Waals surface area contributed by atoms with Crippen LogP contribution >= 0.6 is 0 Å². The molecular weight excluding hydrogens is 540 g/mol. The number of fused-ring (bicyclic) bond motifs is 1. The molecule has 0 bridgehead atoms. The molecule has 2 N–H and O–H groups in total. The van der Waals surface area contributed by atoms with Crippen molar-refractivity contribution in [2.75, 3.05) is 17.7 Å². The van der Waals surface area contributed by atoms with E-state index in [1.165, 1.54) is 6.20 Å². The van der Waals surface area contributed by atoms with Crippen LogP contribution in [0.1, 0.15) is 42.7 Å². The number of carbonyl (C=O) groups is 1. The summed E-state index contributed by atoms with van der Waals surface area (Å²) in [4.78, 5) is 13.4. The van der Waals surface area contributed by atoms with E-state index in [1.807, 2.05) is 31.2 Å². The molecule has 41 heavy (non-hydrogen) atoms. The second kappa shape index (κ2) is 12.0. The molecule has 1 aliphatic rings. The molecule has 1 aromatic heterocycles. The van der Waals surface area contributed by atoms with E-state index in [1.54, 1.807) is 66.7 Å². The van der Waals surface area contributed by atoms with Crippen LogP contribution in [0.3, 0.4) is 0 Å². The second-order valence-electron chi connectivity index (χ2n) is 9.79. The molecule has 1 aliphatic heterocycles. The van der Waals surface area contributed by atoms with Gasteiger partial charge in [-0.3, -0.25) is 4.79 Å². The van der Waals surface area contributed by atoms with E-state index in [9.17, 15) is 23.5 Å². The molecule has 9 heteroatoms. The van der Waals surface area contributed by atoms with Crippen LogP contribution in [0.2, 0.25) is 0 Å². The zero-order valence-electron chi connectivity index (χ0n) is 22.5. The van der Waals surface area contributed by atoms with Crippen LogP contribution in [0.15, 0.2) is 102 Å². The number of benzene rings is 3. The lowest BCUT2D eigenvalue weighted by Gasteiger charge is -2.12. The molecule has 210 valence electrons. The minimum atomic E-state index is -3.59. The monoisotopic (exact) mass is 570 g/mol. The summed E-state index contributed by atoms with van der Waals surface area (Å²) in [6.07, 6.45) is 2.80. The van der Waals surface area contributed by atoms with Gasteiger partial charge in [-0.05, 0) is 83.6 Å². The number of hydrogen-bond donors (Lipinski definition) is 2. The van der Waals surface area contributed by atoms with Crippen molar-refractivity contribution < 1.29 is 27.8 Å². The third kappa shape index (κ3) is 6.32. The van der Waals surface area contributed by atoms with E-state index in [0.717, 1.165) is 23.3 Å². The first-order chi connectivity index (χ1) is 19.7. The van der Waals surface area contributed by atoms with Gasteiger partial charge < -0.3 is 20.4 Å². The Bertz CT molecular complexity index is 1700. The lowest BCUT2D eigenvalue weighted by molar-refractivity contribution is -0.617. The number of nitrogens with zero attached hydrogens (tertiary/aromatic N) is 1. The summed E-state index contributed by atoms with van der Waals surface area (Å²) in [5.41, 5.74) is 3.68. The lowest BCUT2D eigenvalue weighted by atomic mass is 10.0. The number of aliphatic hydroxyl groups is 1. The van der Waals surface area contributed by atoms with Crippen LogP contribution < -0.4 is 14.8 Å². The van der Waals surface area contributed by atoms with Crippen LogP contribution in [0.5, 0.6) is 5.75 Å². The second-order valence-corrected chi connectivity index (χ2v) is 11.9. The summed E-state index contributed by atoms with van der Waals surface area (Å²) in [5, 5.41) is 25.4. The van der Waals surface area contributed by atoms with Crippen LogP contribution in [0.25, 0.3) is 17.2 Å². The van der Waals surface area contributed by atoms with Gasteiger partial charge >= 0.3 is 0 Å². The van der Waals surface area contributed by atoms with E-state index in [-0.39, 0.29) is 22.8 Å². The summed E-state index contributed by atoms with van der Waals surface area (Å²) in [6, 6.07) is 24.1. The number of hydrogen-bond acceptors (Lipinski definition) is 6. The van der Waals surface area contributed by atoms with E-state index in [2.05, 4.69) is 5.32 Å². The van der Waals surface area contributed by atoms with Crippen molar-refractivity contribution in [1.82, 2.24) is 0 Å². The number of rotatable bonds is 8. The maximum absolute atomic E-state index is 13.2. The fraction of sp³-hybridized carbons (Fsp3) is 0.188. The van der Waals surface area contributed by atoms with Crippen molar-refractivity contribution in [2.45, 2.75) is 30.8 Å². The first kappa shape index (κ1) is 28.1. The molecule has 0 spiro atoms. The molecule has 0 fully saturated rings. The summed E-state index contributed by atoms with van der Waals surface area (Å²) < 4.78 is 32.3. The van der Waals surface area contributed by atoms with Crippen molar-refractivity contribution in [3.63, 3.8) is 0 Å². The van der Waals surface area contributed by atoms with Crippen LogP contribution in [-0.4, -0.2) is 31.8 Å². The van der Waals surface area contributed by atoms with Gasteiger partial charge in [-0.2, -0.15) is 4.73 Å². The molecule has 0 saturated carbocycles. The SMILES string of the molecule is CCCOc1ccc(-c2ccc3c(c2)C=C(C(=O)Nc2ccc(C(O)c4cccc[n+]4[O-])cc2)CCS3(=O)=O)cc1. The number of aromatic nitrogens is 1. The largest absolute Gasteiger partial charge is 0.618 e. The first-order valence-electron chi connectivity index (χ1n) is 13.3. The molecule has 1 atom stereocenters. The topological polar surface area (TPSA) is 120 Å². The first-order valence-corrected chi connectivity index (χ1v) is 15.0. The smallest absolute Gasteiger partial charge is 0.251 e. The van der Waals surface area contributed by atoms with Crippen LogP contribution in [-0.2, 0) is 14.6 Å². The highest BCUT2D eigenvalue weighted by Gasteiger charge is 2.25. The number of anilines is 1. The number of carbonyl (C=O) groups excluding carboxylic acids is 1. The van der Waals surface area contributed by atoms with Gasteiger partial charge in [-0.15, -0.1) is 0 Å². The van der Waals surface area contributed by atoms with Gasteiger partial charge in [0.2, 0.25) is 5.69 Å². The minimum absolute atomic E-state index is 0.0654. The predicted octanol–water partition coefficient (Wildman–Crippen LogP) is 5.06. The molecule has 3 aromatic carbocycles. The highest BCUT2D eigenvalue weighted by atomic mass is 32.2. The Kier molecular flexibility index (Phi) is 8.19. The number of ether oxygens (including phenoxy) is 1. The van der Waals surface area contributed by atoms with Gasteiger partial charge in [0, 0.05) is 23.4 Å². The van der Waals surface area contributed by atoms with Crippen LogP contribution in [0, 0.1) is 5.21 Å². The molecule has 2 heterocycles. The van der Waals surface area contributed by atoms with Gasteiger partial charge in [0.05, 0.1) is 17.3 Å². The fourth-order valence-electron chi connectivity index (χ4n) is 4.66. The standard InChI is InChI=1S/C32H30N2O6S/c1-2-18-40-28-13-8-22(9-14-28)24-10-15-30-26(20-24)21-25(16-19-41(30,38)39)32(36)33-27-11-6-23(7-12-27)31(35)29-5-3-4-17-34(29)37/h3-15,17,20-21,31,35H,2,16,18-19H2,1H3,(H,33,36). The summed E-state index contributed by atoms with van der Waals surface area (Å²) in [6.45, 7) is 2.67. The zero-order chi connectivity index (χ0) is 29.0. The van der Waals surface area contributed by atoms with Gasteiger partial charge in [0.25, 0.3) is 5.91 Å². The van der Waals surface area contributed by atoms with Crippen LogP contribution in [0.4, 0.5) is 5.69 Å². The van der Waals surface area contributed by atoms with Gasteiger partial charge in [-0.1, -0.05) is 37.3 Å². The molecule has 8 nitrogen and oxygen atoms in total. The molecule has 0 aliphatic carbocycles. The van der Waals surface area contributed by atoms with E-state index in [0.29, 0.717) is 33.7 Å². The number of sulfone groups is 1. The molecule has 4 aromatic rings. The van der Waals surface area contributed by atoms with Gasteiger partial charge in [0.1, 0.15) is 5.75 Å². The minimum Gasteiger partial charge on any atom is -0.618 e. The predicted molar refractivity (Wildman–Crippen MR) is 157 cm³/mol. The third-order valence-corrected chi connectivity index (χ3v) is 8.67. The lowest BCUT2D eigenvalue weighted by Crippen LogP contribution is -2.32. The van der Waals surface area contributed by atoms with Crippen molar-refractivity contribution >= 4 is 27.5 Å². The Morgan fingerprint density at radius 1 is 1.02 bits per heavy atom. The molecule has 0 radical (unpaired) electrons. The van der Waals surface area contributed by atoms with Gasteiger partial charge in [-0.25, -0.2) is 8.42 Å². The van der Waals surface area contributed by atoms with E-state index < -0.39 is 21.8 Å². The summed E-state index contributed by atoms with van der Waals surface area (Å²) >= 11 is 0. The molecule has 1 amide bonds. The van der Waals surface area contributed by atoms with Crippen molar-refractivity contribution in [3.05, 3.63) is 119 Å². The Labute approximate surface area is 239 Å². The molecule has 5 rings (SSSR count). The number of aliphatic hydroxyl groups excluding tert-OH is 1. The zero-order valence-corrected chi connectivity index (χ0v) is 23.3. The molecule has 1 unspecified atom stereocenters. The number of amides is 1. The highest BCUT2D eigenvalue weighted by Crippen LogP contribution is 2.32. The third-order valence-electron chi connectivity index (χ3n) is 6.89. The average Bonchev–Trinajstić information content (AvgIpc) is 3.12. The summed E-state index contributed by atoms with van der Waals surface area (Å²) in [5.74, 6) is 0.174. The summed E-state index contributed by atoms with van der Waals surface area (Å²) in [7, 11) is -3.59. The van der Waals surface area contributed by atoms with Crippen molar-refractivity contribution in [1.29, 1.82) is 0 Å². The normalized spacial score (nSPS) is 14.7. The maximum Gasteiger partial charge on any atom is 0.251 e. The Morgan fingerprint density at radius 3 is 2.46 bits per heavy atom. The Hall–Kier alpha value is -4.47. The Morgan fingerprint density at radius 2 is 1.76 bits per heavy atom. The average molecular weight is 571 g/mol. The fourth-order valence-corrected chi connectivity index (χ4v) is 6.13. The number of nitrogens with one attached hydrogen (secondary N) is 1. The maximum atomic E-state index is 13.2. The van der Waals surface area contributed by atoms with Gasteiger partial charge in [0.15, 0.2) is 22.1 Å². The van der Waals surface area contributed by atoms with E-state index >= 15 is 0 Å². The molecular formula is C32H30N2O6S. The Balaban J connectivity index is 1.37. The quantitative estimate of drug-likeness (QED) is 0.226. The molecule has 0 saturated heterocycles. The van der Waals surface area contributed by atoms with E-state index in [4.69, 9.17) is 4.74 Å². The number of pyridine rings is 1.